The predicted octanol–water partition coefficient (Wildman–Crippen LogP) is 6.82. The van der Waals surface area contributed by atoms with Crippen molar-refractivity contribution in [2.24, 2.45) is 5.41 Å². The molecule has 1 saturated heterocycles. The summed E-state index contributed by atoms with van der Waals surface area (Å²) in [5.41, 5.74) is 3.84. The lowest BCUT2D eigenvalue weighted by Gasteiger charge is -2.29. The van der Waals surface area contributed by atoms with Crippen molar-refractivity contribution in [2.45, 2.75) is 52.8 Å². The van der Waals surface area contributed by atoms with Crippen LogP contribution < -0.4 is 21.1 Å². The maximum absolute atomic E-state index is 13.6. The number of H-pyrrole nitrogens is 1. The third-order valence-electron chi connectivity index (χ3n) is 7.65. The number of alkyl carbamates (subject to hydrolysis) is 1. The second kappa shape index (κ2) is 14.3. The largest absolute Gasteiger partial charge is 0.449 e. The Morgan fingerprint density at radius 1 is 0.936 bits per heavy atom. The van der Waals surface area contributed by atoms with Crippen LogP contribution in [0.5, 0.6) is 0 Å². The SMILES string of the molecule is CC(C)(C)COC(=O)N[C@@H](Cc1ccccc1)C(=O)Nc1ccc2c(c1)Sc1cccc(-c3cc(N4CCOCC4)cc(=O)[nH]3)c1S2. The predicted molar refractivity (Wildman–Crippen MR) is 187 cm³/mol. The molecular formula is C36H38N4O5S2. The number of aromatic amines is 1. The molecule has 3 aromatic carbocycles. The Bertz CT molecular complexity index is 1820. The molecule has 0 unspecified atom stereocenters. The van der Waals surface area contributed by atoms with E-state index in [0.717, 1.165) is 55.2 Å². The van der Waals surface area contributed by atoms with Crippen molar-refractivity contribution in [1.29, 1.82) is 0 Å². The number of fused-ring (bicyclic) bond motifs is 2. The number of hydrogen-bond acceptors (Lipinski definition) is 8. The molecule has 9 nitrogen and oxygen atoms in total. The number of ether oxygens (including phenoxy) is 2. The summed E-state index contributed by atoms with van der Waals surface area (Å²) in [6.07, 6.45) is -0.310. The lowest BCUT2D eigenvalue weighted by atomic mass is 9.99. The molecule has 0 radical (unpaired) electrons. The van der Waals surface area contributed by atoms with Crippen LogP contribution in [-0.4, -0.2) is 55.9 Å². The Balaban J connectivity index is 1.19. The smallest absolute Gasteiger partial charge is 0.407 e. The molecule has 2 aliphatic heterocycles. The Morgan fingerprint density at radius 3 is 2.49 bits per heavy atom. The normalized spacial score (nSPS) is 14.8. The van der Waals surface area contributed by atoms with Crippen molar-refractivity contribution in [2.75, 3.05) is 43.1 Å². The minimum absolute atomic E-state index is 0.140. The number of benzene rings is 3. The molecule has 1 fully saturated rings. The maximum atomic E-state index is 13.6. The molecule has 4 aromatic rings. The molecule has 1 aromatic heterocycles. The highest BCUT2D eigenvalue weighted by Crippen LogP contribution is 2.52. The number of carbonyl (C=O) groups is 2. The van der Waals surface area contributed by atoms with Gasteiger partial charge in [0.2, 0.25) is 11.5 Å². The number of amides is 2. The Hall–Kier alpha value is -4.19. The molecule has 244 valence electrons. The van der Waals surface area contributed by atoms with Gasteiger partial charge in [-0.15, -0.1) is 0 Å². The van der Waals surface area contributed by atoms with E-state index in [0.29, 0.717) is 25.3 Å². The number of rotatable bonds is 8. The quantitative estimate of drug-likeness (QED) is 0.165. The number of morpholine rings is 1. The molecule has 3 heterocycles. The average Bonchev–Trinajstić information content (AvgIpc) is 3.06. The highest BCUT2D eigenvalue weighted by atomic mass is 32.2. The van der Waals surface area contributed by atoms with Crippen LogP contribution in [0, 0.1) is 5.41 Å². The van der Waals surface area contributed by atoms with E-state index in [9.17, 15) is 14.4 Å². The van der Waals surface area contributed by atoms with Gasteiger partial charge < -0.3 is 30.0 Å². The van der Waals surface area contributed by atoms with E-state index in [1.54, 1.807) is 29.6 Å². The number of aromatic nitrogens is 1. The molecule has 47 heavy (non-hydrogen) atoms. The van der Waals surface area contributed by atoms with Crippen molar-refractivity contribution in [1.82, 2.24) is 10.3 Å². The number of pyridine rings is 1. The lowest BCUT2D eigenvalue weighted by Crippen LogP contribution is -2.46. The fraction of sp³-hybridized carbons (Fsp3) is 0.306. The van der Waals surface area contributed by atoms with Crippen molar-refractivity contribution >= 4 is 46.9 Å². The van der Waals surface area contributed by atoms with E-state index in [4.69, 9.17) is 9.47 Å². The Kier molecular flexibility index (Phi) is 9.95. The zero-order valence-electron chi connectivity index (χ0n) is 26.6. The molecular weight excluding hydrogens is 633 g/mol. The van der Waals surface area contributed by atoms with Crippen LogP contribution in [0.4, 0.5) is 16.2 Å². The van der Waals surface area contributed by atoms with Crippen LogP contribution in [-0.2, 0) is 20.7 Å². The monoisotopic (exact) mass is 670 g/mol. The van der Waals surface area contributed by atoms with Crippen LogP contribution in [0.15, 0.2) is 103 Å². The Morgan fingerprint density at radius 2 is 1.72 bits per heavy atom. The summed E-state index contributed by atoms with van der Waals surface area (Å²) in [6.45, 7) is 8.94. The summed E-state index contributed by atoms with van der Waals surface area (Å²) in [7, 11) is 0. The summed E-state index contributed by atoms with van der Waals surface area (Å²) < 4.78 is 10.9. The van der Waals surface area contributed by atoms with Crippen molar-refractivity contribution in [3.8, 4) is 11.3 Å². The second-order valence-electron chi connectivity index (χ2n) is 12.7. The third-order valence-corrected chi connectivity index (χ3v) is 10.2. The molecule has 3 N–H and O–H groups in total. The van der Waals surface area contributed by atoms with Crippen molar-refractivity contribution < 1.29 is 19.1 Å². The molecule has 0 saturated carbocycles. The number of anilines is 2. The van der Waals surface area contributed by atoms with E-state index >= 15 is 0 Å². The van der Waals surface area contributed by atoms with E-state index in [1.807, 2.05) is 87.5 Å². The number of carbonyl (C=O) groups excluding carboxylic acids is 2. The molecule has 0 bridgehead atoms. The van der Waals surface area contributed by atoms with Crippen molar-refractivity contribution in [3.05, 3.63) is 94.8 Å². The van der Waals surface area contributed by atoms with Crippen LogP contribution >= 0.6 is 23.5 Å². The van der Waals surface area contributed by atoms with Crippen LogP contribution in [0.2, 0.25) is 0 Å². The van der Waals surface area contributed by atoms with Gasteiger partial charge in [0.1, 0.15) is 6.04 Å². The average molecular weight is 671 g/mol. The number of hydrogen-bond donors (Lipinski definition) is 3. The zero-order chi connectivity index (χ0) is 33.0. The first kappa shape index (κ1) is 32.7. The second-order valence-corrected chi connectivity index (χ2v) is 14.9. The van der Waals surface area contributed by atoms with Crippen LogP contribution in [0.1, 0.15) is 26.3 Å². The highest BCUT2D eigenvalue weighted by Gasteiger charge is 2.26. The first-order chi connectivity index (χ1) is 22.6. The summed E-state index contributed by atoms with van der Waals surface area (Å²) in [6, 6.07) is 24.3. The van der Waals surface area contributed by atoms with Gasteiger partial charge in [-0.05, 0) is 41.3 Å². The molecule has 2 amide bonds. The minimum Gasteiger partial charge on any atom is -0.449 e. The van der Waals surface area contributed by atoms with Gasteiger partial charge in [-0.1, -0.05) is 86.8 Å². The summed E-state index contributed by atoms with van der Waals surface area (Å²) in [5.74, 6) is -0.332. The van der Waals surface area contributed by atoms with E-state index in [-0.39, 0.29) is 23.5 Å². The van der Waals surface area contributed by atoms with Gasteiger partial charge in [0, 0.05) is 62.1 Å². The fourth-order valence-electron chi connectivity index (χ4n) is 5.32. The van der Waals surface area contributed by atoms with Crippen LogP contribution in [0.3, 0.4) is 0 Å². The Labute approximate surface area is 282 Å². The van der Waals surface area contributed by atoms with Gasteiger partial charge in [0.05, 0.1) is 25.5 Å². The fourth-order valence-corrected chi connectivity index (χ4v) is 7.74. The molecule has 11 heteroatoms. The highest BCUT2D eigenvalue weighted by molar-refractivity contribution is 8.05. The minimum atomic E-state index is -0.832. The third kappa shape index (κ3) is 8.40. The first-order valence-corrected chi connectivity index (χ1v) is 17.2. The maximum Gasteiger partial charge on any atom is 0.407 e. The standard InChI is InChI=1S/C36H38N4O5S2/c1-36(2,3)22-45-35(43)39-28(18-23-8-5-4-6-9-23)34(42)37-24-12-13-29-31(19-24)46-30-11-7-10-26(33(30)47-29)27-20-25(21-32(41)38-27)40-14-16-44-17-15-40/h4-13,19-21,28H,14-18,22H2,1-3H3,(H,37,42)(H,38,41)(H,39,43)/t28-/m0/s1. The van der Waals surface area contributed by atoms with E-state index in [1.165, 1.54) is 0 Å². The van der Waals surface area contributed by atoms with Gasteiger partial charge in [-0.25, -0.2) is 4.79 Å². The molecule has 1 atom stereocenters. The van der Waals surface area contributed by atoms with Crippen molar-refractivity contribution in [3.63, 3.8) is 0 Å². The molecule has 2 aliphatic rings. The number of nitrogens with zero attached hydrogens (tertiary/aromatic N) is 1. The number of nitrogens with one attached hydrogen (secondary N) is 3. The molecule has 0 aliphatic carbocycles. The summed E-state index contributed by atoms with van der Waals surface area (Å²) >= 11 is 3.26. The summed E-state index contributed by atoms with van der Waals surface area (Å²) in [4.78, 5) is 48.3. The lowest BCUT2D eigenvalue weighted by molar-refractivity contribution is -0.118. The zero-order valence-corrected chi connectivity index (χ0v) is 28.3. The summed E-state index contributed by atoms with van der Waals surface area (Å²) in [5, 5.41) is 5.78. The van der Waals surface area contributed by atoms with E-state index in [2.05, 4.69) is 26.6 Å². The van der Waals surface area contributed by atoms with Gasteiger partial charge in [-0.2, -0.15) is 0 Å². The van der Waals surface area contributed by atoms with Gasteiger partial charge in [0.15, 0.2) is 0 Å². The van der Waals surface area contributed by atoms with Crippen LogP contribution in [0.25, 0.3) is 11.3 Å². The van der Waals surface area contributed by atoms with Gasteiger partial charge >= 0.3 is 6.09 Å². The van der Waals surface area contributed by atoms with Gasteiger partial charge in [-0.3, -0.25) is 9.59 Å². The van der Waals surface area contributed by atoms with Gasteiger partial charge in [0.25, 0.3) is 0 Å². The van der Waals surface area contributed by atoms with E-state index < -0.39 is 12.1 Å². The molecule has 6 rings (SSSR count). The molecule has 0 spiro atoms. The topological polar surface area (TPSA) is 113 Å². The first-order valence-electron chi connectivity index (χ1n) is 15.6.